The van der Waals surface area contributed by atoms with Crippen LogP contribution in [0.4, 0.5) is 0 Å². The lowest BCUT2D eigenvalue weighted by Gasteiger charge is -1.95. The third kappa shape index (κ3) is 4.44. The van der Waals surface area contributed by atoms with Gasteiger partial charge in [-0.1, -0.05) is 6.92 Å². The highest BCUT2D eigenvalue weighted by Gasteiger charge is 2.01. The van der Waals surface area contributed by atoms with Gasteiger partial charge < -0.3 is 5.32 Å². The monoisotopic (exact) mass is 230 g/mol. The molecule has 0 spiro atoms. The smallest absolute Gasteiger partial charge is 0.103 e. The molecule has 80 valence electrons. The molecule has 0 saturated heterocycles. The van der Waals surface area contributed by atoms with Gasteiger partial charge in [-0.2, -0.15) is 11.8 Å². The molecule has 0 aliphatic heterocycles. The van der Waals surface area contributed by atoms with Crippen LogP contribution in [0.2, 0.25) is 0 Å². The molecule has 0 saturated carbocycles. The van der Waals surface area contributed by atoms with Gasteiger partial charge in [-0.25, -0.2) is 4.98 Å². The molecular formula is C10H18N2S2. The Labute approximate surface area is 94.5 Å². The number of nitrogens with zero attached hydrogens (tertiary/aromatic N) is 1. The predicted octanol–water partition coefficient (Wildman–Crippen LogP) is 2.55. The van der Waals surface area contributed by atoms with Crippen molar-refractivity contribution in [2.24, 2.45) is 0 Å². The van der Waals surface area contributed by atoms with E-state index in [-0.39, 0.29) is 0 Å². The number of likely N-dealkylation sites (N-methyl/N-ethyl adjacent to an activating group) is 1. The molecule has 0 atom stereocenters. The van der Waals surface area contributed by atoms with Gasteiger partial charge in [0.15, 0.2) is 0 Å². The molecule has 1 aromatic heterocycles. The molecule has 0 aliphatic carbocycles. The van der Waals surface area contributed by atoms with E-state index in [0.29, 0.717) is 0 Å². The maximum atomic E-state index is 4.58. The van der Waals surface area contributed by atoms with Gasteiger partial charge in [0.2, 0.25) is 0 Å². The highest BCUT2D eigenvalue weighted by Crippen LogP contribution is 2.17. The lowest BCUT2D eigenvalue weighted by atomic mass is 10.3. The molecule has 0 unspecified atom stereocenters. The number of hydrogen-bond acceptors (Lipinski definition) is 4. The Bertz CT molecular complexity index is 248. The first-order chi connectivity index (χ1) is 6.86. The fourth-order valence-electron chi connectivity index (χ4n) is 1.09. The van der Waals surface area contributed by atoms with Gasteiger partial charge in [0.1, 0.15) is 5.01 Å². The van der Waals surface area contributed by atoms with Crippen LogP contribution in [0.5, 0.6) is 0 Å². The Morgan fingerprint density at radius 3 is 3.14 bits per heavy atom. The van der Waals surface area contributed by atoms with E-state index >= 15 is 0 Å². The molecule has 0 amide bonds. The van der Waals surface area contributed by atoms with Gasteiger partial charge in [0, 0.05) is 24.1 Å². The molecule has 0 aliphatic rings. The van der Waals surface area contributed by atoms with Crippen LogP contribution in [-0.4, -0.2) is 24.3 Å². The topological polar surface area (TPSA) is 24.9 Å². The molecule has 1 N–H and O–H groups in total. The summed E-state index contributed by atoms with van der Waals surface area (Å²) in [6, 6.07) is 0. The third-order valence-electron chi connectivity index (χ3n) is 1.80. The molecule has 1 aromatic rings. The van der Waals surface area contributed by atoms with Gasteiger partial charge in [0.05, 0.1) is 5.69 Å². The average Bonchev–Trinajstić information content (AvgIpc) is 2.63. The number of aromatic nitrogens is 1. The third-order valence-corrected chi connectivity index (χ3v) is 4.06. The summed E-state index contributed by atoms with van der Waals surface area (Å²) >= 11 is 3.77. The van der Waals surface area contributed by atoms with Crippen molar-refractivity contribution in [2.45, 2.75) is 25.5 Å². The van der Waals surface area contributed by atoms with Gasteiger partial charge in [-0.05, 0) is 19.2 Å². The van der Waals surface area contributed by atoms with Gasteiger partial charge in [-0.15, -0.1) is 11.3 Å². The zero-order valence-electron chi connectivity index (χ0n) is 8.88. The molecule has 2 nitrogen and oxygen atoms in total. The maximum Gasteiger partial charge on any atom is 0.103 e. The van der Waals surface area contributed by atoms with Crippen LogP contribution in [0.15, 0.2) is 5.38 Å². The number of nitrogens with one attached hydrogen (secondary N) is 1. The van der Waals surface area contributed by atoms with Gasteiger partial charge in [0.25, 0.3) is 0 Å². The van der Waals surface area contributed by atoms with Gasteiger partial charge in [-0.3, -0.25) is 0 Å². The van der Waals surface area contributed by atoms with Crippen molar-refractivity contribution in [1.82, 2.24) is 10.3 Å². The molecule has 0 aromatic carbocycles. The van der Waals surface area contributed by atoms with E-state index in [9.17, 15) is 0 Å². The van der Waals surface area contributed by atoms with E-state index in [1.54, 1.807) is 11.3 Å². The summed E-state index contributed by atoms with van der Waals surface area (Å²) in [6.45, 7) is 3.23. The zero-order valence-corrected chi connectivity index (χ0v) is 10.5. The molecule has 1 rings (SSSR count). The van der Waals surface area contributed by atoms with E-state index in [1.165, 1.54) is 22.9 Å². The first-order valence-electron chi connectivity index (χ1n) is 5.02. The van der Waals surface area contributed by atoms with Crippen LogP contribution in [0.1, 0.15) is 24.0 Å². The number of hydrogen-bond donors (Lipinski definition) is 1. The van der Waals surface area contributed by atoms with Crippen LogP contribution < -0.4 is 5.32 Å². The molecule has 0 bridgehead atoms. The van der Waals surface area contributed by atoms with Crippen molar-refractivity contribution in [3.63, 3.8) is 0 Å². The fraction of sp³-hybridized carbons (Fsp3) is 0.700. The van der Waals surface area contributed by atoms with Gasteiger partial charge >= 0.3 is 0 Å². The van der Waals surface area contributed by atoms with E-state index in [1.807, 2.05) is 18.8 Å². The van der Waals surface area contributed by atoms with Crippen molar-refractivity contribution in [2.75, 3.05) is 19.3 Å². The Morgan fingerprint density at radius 2 is 2.43 bits per heavy atom. The largest absolute Gasteiger partial charge is 0.319 e. The molecule has 14 heavy (non-hydrogen) atoms. The fourth-order valence-corrected chi connectivity index (χ4v) is 2.89. The average molecular weight is 230 g/mol. The first-order valence-corrected chi connectivity index (χ1v) is 7.06. The summed E-state index contributed by atoms with van der Waals surface area (Å²) in [5, 5.41) is 6.59. The molecule has 1 heterocycles. The molecule has 4 heteroatoms. The number of thioether (sulfide) groups is 1. The molecule has 0 fully saturated rings. The first kappa shape index (κ1) is 12.0. The summed E-state index contributed by atoms with van der Waals surface area (Å²) in [4.78, 5) is 4.58. The molecule has 0 radical (unpaired) electrons. The predicted molar refractivity (Wildman–Crippen MR) is 66.2 cm³/mol. The Balaban J connectivity index is 2.27. The minimum Gasteiger partial charge on any atom is -0.319 e. The normalized spacial score (nSPS) is 10.7. The Morgan fingerprint density at radius 1 is 1.57 bits per heavy atom. The second kappa shape index (κ2) is 7.26. The summed E-state index contributed by atoms with van der Waals surface area (Å²) in [5.41, 5.74) is 1.23. The lowest BCUT2D eigenvalue weighted by molar-refractivity contribution is 0.778. The van der Waals surface area contributed by atoms with E-state index in [0.717, 1.165) is 18.7 Å². The summed E-state index contributed by atoms with van der Waals surface area (Å²) in [5.74, 6) is 2.32. The van der Waals surface area contributed by atoms with Crippen molar-refractivity contribution in [1.29, 1.82) is 0 Å². The van der Waals surface area contributed by atoms with Crippen molar-refractivity contribution < 1.29 is 0 Å². The van der Waals surface area contributed by atoms with E-state index in [2.05, 4.69) is 22.6 Å². The number of rotatable bonds is 7. The van der Waals surface area contributed by atoms with Crippen LogP contribution in [0.25, 0.3) is 0 Å². The second-order valence-electron chi connectivity index (χ2n) is 3.14. The maximum absolute atomic E-state index is 4.58. The highest BCUT2D eigenvalue weighted by molar-refractivity contribution is 7.98. The summed E-state index contributed by atoms with van der Waals surface area (Å²) in [6.07, 6.45) is 2.30. The van der Waals surface area contributed by atoms with Crippen LogP contribution in [-0.2, 0) is 12.2 Å². The molecular weight excluding hydrogens is 212 g/mol. The Hall–Kier alpha value is -0.0600. The summed E-state index contributed by atoms with van der Waals surface area (Å²) < 4.78 is 0. The quantitative estimate of drug-likeness (QED) is 0.729. The SMILES string of the molecule is CCCSCc1nc(CCNC)cs1. The zero-order chi connectivity index (χ0) is 10.2. The minimum absolute atomic E-state index is 1.02. The van der Waals surface area contributed by atoms with E-state index < -0.39 is 0 Å². The van der Waals surface area contributed by atoms with E-state index in [4.69, 9.17) is 0 Å². The van der Waals surface area contributed by atoms with Crippen molar-refractivity contribution >= 4 is 23.1 Å². The minimum atomic E-state index is 1.02. The van der Waals surface area contributed by atoms with Crippen LogP contribution in [0, 0.1) is 0 Å². The highest BCUT2D eigenvalue weighted by atomic mass is 32.2. The standard InChI is InChI=1S/C10H18N2S2/c1-3-6-13-8-10-12-9(7-14-10)4-5-11-2/h7,11H,3-6,8H2,1-2H3. The van der Waals surface area contributed by atoms with Crippen molar-refractivity contribution in [3.05, 3.63) is 16.1 Å². The van der Waals surface area contributed by atoms with Crippen LogP contribution >= 0.6 is 23.1 Å². The summed E-state index contributed by atoms with van der Waals surface area (Å²) in [7, 11) is 1.98. The van der Waals surface area contributed by atoms with Crippen molar-refractivity contribution in [3.8, 4) is 0 Å². The Kier molecular flexibility index (Phi) is 6.23. The van der Waals surface area contributed by atoms with Crippen LogP contribution in [0.3, 0.4) is 0 Å². The number of thiazole rings is 1. The lowest BCUT2D eigenvalue weighted by Crippen LogP contribution is -2.10. The second-order valence-corrected chi connectivity index (χ2v) is 5.19.